The minimum absolute atomic E-state index is 0.00691. The highest BCUT2D eigenvalue weighted by Crippen LogP contribution is 2.30. The molecule has 3 rings (SSSR count). The fraction of sp³-hybridized carbons (Fsp3) is 0.400. The first-order valence-corrected chi connectivity index (χ1v) is 6.64. The van der Waals surface area contributed by atoms with Crippen LogP contribution in [0.1, 0.15) is 18.4 Å². The molecule has 0 atom stereocenters. The third kappa shape index (κ3) is 2.49. The molecule has 0 spiro atoms. The normalized spacial score (nSPS) is 17.2. The summed E-state index contributed by atoms with van der Waals surface area (Å²) in [5.41, 5.74) is 1.61. The lowest BCUT2D eigenvalue weighted by Crippen LogP contribution is -2.38. The van der Waals surface area contributed by atoms with Crippen molar-refractivity contribution >= 4 is 12.0 Å². The zero-order valence-corrected chi connectivity index (χ0v) is 10.7. The van der Waals surface area contributed by atoms with Crippen molar-refractivity contribution in [1.82, 2.24) is 4.90 Å². The van der Waals surface area contributed by atoms with Crippen molar-refractivity contribution in [1.29, 1.82) is 0 Å². The maximum atomic E-state index is 12.4. The molecule has 4 heteroatoms. The van der Waals surface area contributed by atoms with Crippen molar-refractivity contribution in [2.45, 2.75) is 18.9 Å². The highest BCUT2D eigenvalue weighted by Gasteiger charge is 2.34. The molecule has 0 saturated heterocycles. The summed E-state index contributed by atoms with van der Waals surface area (Å²) in [6.07, 6.45) is 3.97. The molecular formula is C15H17NO3. The predicted octanol–water partition coefficient (Wildman–Crippen LogP) is 1.45. The van der Waals surface area contributed by atoms with Crippen LogP contribution in [0.5, 0.6) is 5.75 Å². The number of hydrogen-bond acceptors (Lipinski definition) is 3. The van der Waals surface area contributed by atoms with Gasteiger partial charge >= 0.3 is 0 Å². The summed E-state index contributed by atoms with van der Waals surface area (Å²) in [5, 5.41) is 9.07. The zero-order valence-electron chi connectivity index (χ0n) is 10.7. The third-order valence-corrected chi connectivity index (χ3v) is 3.50. The van der Waals surface area contributed by atoms with Crippen LogP contribution in [-0.2, 0) is 4.79 Å². The smallest absolute Gasteiger partial charge is 0.253 e. The summed E-state index contributed by atoms with van der Waals surface area (Å²) in [6.45, 7) is 0.722. The Balaban J connectivity index is 1.82. The number of benzene rings is 1. The second kappa shape index (κ2) is 5.05. The lowest BCUT2D eigenvalue weighted by atomic mass is 10.1. The van der Waals surface area contributed by atoms with Crippen LogP contribution in [0.25, 0.3) is 6.08 Å². The van der Waals surface area contributed by atoms with Crippen LogP contribution in [-0.4, -0.2) is 41.7 Å². The summed E-state index contributed by atoms with van der Waals surface area (Å²) < 4.78 is 5.61. The van der Waals surface area contributed by atoms with E-state index in [4.69, 9.17) is 9.84 Å². The lowest BCUT2D eigenvalue weighted by Gasteiger charge is -2.25. The van der Waals surface area contributed by atoms with Crippen molar-refractivity contribution in [3.8, 4) is 5.75 Å². The van der Waals surface area contributed by atoms with Gasteiger partial charge in [-0.1, -0.05) is 18.2 Å². The van der Waals surface area contributed by atoms with Crippen LogP contribution in [0.15, 0.2) is 29.8 Å². The van der Waals surface area contributed by atoms with Gasteiger partial charge in [0.2, 0.25) is 0 Å². The van der Waals surface area contributed by atoms with Crippen LogP contribution in [0, 0.1) is 0 Å². The van der Waals surface area contributed by atoms with Crippen molar-refractivity contribution in [3.05, 3.63) is 35.4 Å². The summed E-state index contributed by atoms with van der Waals surface area (Å²) in [4.78, 5) is 14.2. The fourth-order valence-electron chi connectivity index (χ4n) is 2.37. The minimum Gasteiger partial charge on any atom is -0.488 e. The van der Waals surface area contributed by atoms with Gasteiger partial charge in [-0.25, -0.2) is 0 Å². The number of ether oxygens (including phenoxy) is 1. The Labute approximate surface area is 112 Å². The Hall–Kier alpha value is -1.81. The largest absolute Gasteiger partial charge is 0.488 e. The van der Waals surface area contributed by atoms with Gasteiger partial charge in [-0.05, 0) is 25.0 Å². The van der Waals surface area contributed by atoms with E-state index in [1.807, 2.05) is 30.3 Å². The number of amides is 1. The molecule has 0 bridgehead atoms. The van der Waals surface area contributed by atoms with Crippen LogP contribution >= 0.6 is 0 Å². The predicted molar refractivity (Wildman–Crippen MR) is 71.7 cm³/mol. The Morgan fingerprint density at radius 1 is 1.37 bits per heavy atom. The molecule has 100 valence electrons. The molecule has 4 nitrogen and oxygen atoms in total. The lowest BCUT2D eigenvalue weighted by molar-refractivity contribution is -0.128. The van der Waals surface area contributed by atoms with Gasteiger partial charge < -0.3 is 14.7 Å². The molecular weight excluding hydrogens is 242 g/mol. The van der Waals surface area contributed by atoms with Gasteiger partial charge in [0, 0.05) is 18.2 Å². The minimum atomic E-state index is -0.00828. The first-order valence-electron chi connectivity index (χ1n) is 6.64. The molecule has 1 aromatic carbocycles. The van der Waals surface area contributed by atoms with E-state index < -0.39 is 0 Å². The molecule has 1 N–H and O–H groups in total. The molecule has 1 aliphatic carbocycles. The number of aliphatic hydroxyl groups is 1. The first-order chi connectivity index (χ1) is 9.29. The number of para-hydroxylation sites is 1. The molecule has 1 aromatic rings. The summed E-state index contributed by atoms with van der Waals surface area (Å²) >= 11 is 0. The average molecular weight is 259 g/mol. The summed E-state index contributed by atoms with van der Waals surface area (Å²) in [5.74, 6) is 0.810. The van der Waals surface area contributed by atoms with Gasteiger partial charge in [0.25, 0.3) is 5.91 Å². The first kappa shape index (κ1) is 12.2. The van der Waals surface area contributed by atoms with E-state index in [1.165, 1.54) is 0 Å². The maximum absolute atomic E-state index is 12.4. The van der Waals surface area contributed by atoms with Crippen molar-refractivity contribution in [3.63, 3.8) is 0 Å². The molecule has 1 amide bonds. The van der Waals surface area contributed by atoms with Crippen LogP contribution in [0.3, 0.4) is 0 Å². The monoisotopic (exact) mass is 259 g/mol. The molecule has 0 radical (unpaired) electrons. The molecule has 1 saturated carbocycles. The SMILES string of the molecule is O=C(C1=Cc2ccccc2OC1)N(CCO)C1CC1. The Kier molecular flexibility index (Phi) is 3.25. The van der Waals surface area contributed by atoms with Gasteiger partial charge in [0.15, 0.2) is 0 Å². The average Bonchev–Trinajstić information content (AvgIpc) is 3.28. The van der Waals surface area contributed by atoms with Gasteiger partial charge in [0.1, 0.15) is 12.4 Å². The molecule has 2 aliphatic rings. The third-order valence-electron chi connectivity index (χ3n) is 3.50. The number of nitrogens with zero attached hydrogens (tertiary/aromatic N) is 1. The van der Waals surface area contributed by atoms with E-state index in [2.05, 4.69) is 0 Å². The number of rotatable bonds is 4. The maximum Gasteiger partial charge on any atom is 0.253 e. The number of fused-ring (bicyclic) bond motifs is 1. The Bertz CT molecular complexity index is 520. The van der Waals surface area contributed by atoms with Crippen molar-refractivity contribution in [2.75, 3.05) is 19.8 Å². The van der Waals surface area contributed by atoms with E-state index >= 15 is 0 Å². The second-order valence-corrected chi connectivity index (χ2v) is 4.95. The molecule has 1 heterocycles. The Morgan fingerprint density at radius 3 is 2.89 bits per heavy atom. The topological polar surface area (TPSA) is 49.8 Å². The number of carbonyl (C=O) groups is 1. The summed E-state index contributed by atoms with van der Waals surface area (Å²) in [7, 11) is 0. The van der Waals surface area contributed by atoms with Crippen LogP contribution in [0.2, 0.25) is 0 Å². The highest BCUT2D eigenvalue weighted by atomic mass is 16.5. The highest BCUT2D eigenvalue weighted by molar-refractivity contribution is 5.99. The van der Waals surface area contributed by atoms with Gasteiger partial charge in [-0.15, -0.1) is 0 Å². The standard InChI is InChI=1S/C15H17NO3/c17-8-7-16(13-5-6-13)15(18)12-9-11-3-1-2-4-14(11)19-10-12/h1-4,9,13,17H,5-8,10H2. The van der Waals surface area contributed by atoms with E-state index in [1.54, 1.807) is 4.90 Å². The van der Waals surface area contributed by atoms with Gasteiger partial charge in [0.05, 0.1) is 12.2 Å². The van der Waals surface area contributed by atoms with Crippen molar-refractivity contribution < 1.29 is 14.6 Å². The van der Waals surface area contributed by atoms with Crippen LogP contribution < -0.4 is 4.74 Å². The quantitative estimate of drug-likeness (QED) is 0.890. The van der Waals surface area contributed by atoms with E-state index in [-0.39, 0.29) is 12.5 Å². The zero-order chi connectivity index (χ0) is 13.2. The van der Waals surface area contributed by atoms with Gasteiger partial charge in [-0.3, -0.25) is 4.79 Å². The number of hydrogen-bond donors (Lipinski definition) is 1. The fourth-order valence-corrected chi connectivity index (χ4v) is 2.37. The Morgan fingerprint density at radius 2 is 2.16 bits per heavy atom. The second-order valence-electron chi connectivity index (χ2n) is 4.95. The van der Waals surface area contributed by atoms with Crippen LogP contribution in [0.4, 0.5) is 0 Å². The molecule has 0 aromatic heterocycles. The van der Waals surface area contributed by atoms with E-state index in [9.17, 15) is 4.79 Å². The van der Waals surface area contributed by atoms with E-state index in [0.717, 1.165) is 24.2 Å². The number of carbonyl (C=O) groups excluding carboxylic acids is 1. The molecule has 1 aliphatic heterocycles. The van der Waals surface area contributed by atoms with Crippen molar-refractivity contribution in [2.24, 2.45) is 0 Å². The molecule has 19 heavy (non-hydrogen) atoms. The molecule has 0 unspecified atom stereocenters. The molecule has 1 fully saturated rings. The van der Waals surface area contributed by atoms with E-state index in [0.29, 0.717) is 24.8 Å². The summed E-state index contributed by atoms with van der Waals surface area (Å²) in [6, 6.07) is 7.99. The van der Waals surface area contributed by atoms with Gasteiger partial charge in [-0.2, -0.15) is 0 Å². The number of aliphatic hydroxyl groups excluding tert-OH is 1.